The molecule has 0 radical (unpaired) electrons. The van der Waals surface area contributed by atoms with E-state index in [0.29, 0.717) is 0 Å². The van der Waals surface area contributed by atoms with Crippen molar-refractivity contribution in [3.05, 3.63) is 45.4 Å². The van der Waals surface area contributed by atoms with Gasteiger partial charge >= 0.3 is 0 Å². The van der Waals surface area contributed by atoms with E-state index in [1.165, 1.54) is 26.7 Å². The van der Waals surface area contributed by atoms with Crippen LogP contribution in [0.1, 0.15) is 27.9 Å². The molecule has 0 amide bonds. The van der Waals surface area contributed by atoms with E-state index >= 15 is 0 Å². The van der Waals surface area contributed by atoms with Crippen molar-refractivity contribution in [1.29, 1.82) is 0 Å². The Morgan fingerprint density at radius 3 is 3.16 bits per heavy atom. The van der Waals surface area contributed by atoms with Gasteiger partial charge in [0, 0.05) is 36.4 Å². The number of nitrogens with zero attached hydrogens (tertiary/aromatic N) is 1. The Labute approximate surface area is 118 Å². The average Bonchev–Trinajstić information content (AvgIpc) is 3.06. The highest BCUT2D eigenvalue weighted by molar-refractivity contribution is 7.11. The lowest BCUT2D eigenvalue weighted by atomic mass is 10.1. The Balaban J connectivity index is 1.54. The van der Waals surface area contributed by atoms with Gasteiger partial charge in [-0.25, -0.2) is 4.98 Å². The number of hydrogen-bond acceptors (Lipinski definition) is 4. The first-order valence-corrected chi connectivity index (χ1v) is 7.67. The fourth-order valence-corrected chi connectivity index (χ4v) is 3.21. The van der Waals surface area contributed by atoms with Crippen molar-refractivity contribution in [1.82, 2.24) is 10.3 Å². The molecular formula is C15H19N3S. The number of anilines is 1. The van der Waals surface area contributed by atoms with Gasteiger partial charge in [-0.1, -0.05) is 19.1 Å². The first-order valence-electron chi connectivity index (χ1n) is 6.85. The summed E-state index contributed by atoms with van der Waals surface area (Å²) in [4.78, 5) is 5.78. The largest absolute Gasteiger partial charge is 0.384 e. The summed E-state index contributed by atoms with van der Waals surface area (Å²) in [6.45, 7) is 5.02. The summed E-state index contributed by atoms with van der Waals surface area (Å²) in [5, 5.41) is 8.04. The molecule has 1 aliphatic heterocycles. The van der Waals surface area contributed by atoms with Gasteiger partial charge in [0.05, 0.1) is 0 Å². The van der Waals surface area contributed by atoms with Crippen LogP contribution in [0.4, 0.5) is 5.69 Å². The molecule has 2 N–H and O–H groups in total. The number of nitrogens with one attached hydrogen (secondary N) is 2. The molecule has 1 aromatic heterocycles. The normalized spacial score (nSPS) is 13.3. The zero-order chi connectivity index (χ0) is 13.1. The Kier molecular flexibility index (Phi) is 3.80. The van der Waals surface area contributed by atoms with Crippen LogP contribution in [0, 0.1) is 0 Å². The van der Waals surface area contributed by atoms with Gasteiger partial charge in [0.25, 0.3) is 0 Å². The number of aromatic nitrogens is 1. The van der Waals surface area contributed by atoms with Gasteiger partial charge in [-0.3, -0.25) is 0 Å². The molecule has 0 spiro atoms. The van der Waals surface area contributed by atoms with Crippen molar-refractivity contribution in [3.63, 3.8) is 0 Å². The van der Waals surface area contributed by atoms with Crippen molar-refractivity contribution < 1.29 is 0 Å². The molecule has 0 aliphatic carbocycles. The van der Waals surface area contributed by atoms with Gasteiger partial charge in [0.15, 0.2) is 0 Å². The zero-order valence-electron chi connectivity index (χ0n) is 11.2. The van der Waals surface area contributed by atoms with Crippen LogP contribution in [0.3, 0.4) is 0 Å². The molecule has 0 saturated carbocycles. The first-order chi connectivity index (χ1) is 9.35. The van der Waals surface area contributed by atoms with Crippen molar-refractivity contribution in [3.8, 4) is 0 Å². The Hall–Kier alpha value is -1.39. The van der Waals surface area contributed by atoms with Crippen molar-refractivity contribution >= 4 is 17.0 Å². The summed E-state index contributed by atoms with van der Waals surface area (Å²) >= 11 is 1.80. The van der Waals surface area contributed by atoms with Gasteiger partial charge in [-0.05, 0) is 30.0 Å². The number of aryl methyl sites for hydroxylation is 1. The lowest BCUT2D eigenvalue weighted by Crippen LogP contribution is -2.12. The molecule has 0 fully saturated rings. The molecule has 1 aliphatic rings. The molecule has 3 nitrogen and oxygen atoms in total. The van der Waals surface area contributed by atoms with E-state index in [2.05, 4.69) is 40.7 Å². The van der Waals surface area contributed by atoms with Crippen molar-refractivity contribution in [2.24, 2.45) is 0 Å². The quantitative estimate of drug-likeness (QED) is 0.879. The molecule has 0 atom stereocenters. The van der Waals surface area contributed by atoms with Crippen LogP contribution in [0.2, 0.25) is 0 Å². The summed E-state index contributed by atoms with van der Waals surface area (Å²) in [6, 6.07) is 6.70. The van der Waals surface area contributed by atoms with Crippen molar-refractivity contribution in [2.45, 2.75) is 32.9 Å². The molecule has 1 aromatic carbocycles. The fourth-order valence-electron chi connectivity index (χ4n) is 2.38. The minimum Gasteiger partial charge on any atom is -0.384 e. The third-order valence-electron chi connectivity index (χ3n) is 3.43. The monoisotopic (exact) mass is 273 g/mol. The van der Waals surface area contributed by atoms with Gasteiger partial charge in [0.1, 0.15) is 5.01 Å². The second-order valence-corrected chi connectivity index (χ2v) is 6.05. The van der Waals surface area contributed by atoms with Crippen LogP contribution in [-0.2, 0) is 25.9 Å². The van der Waals surface area contributed by atoms with E-state index < -0.39 is 0 Å². The van der Waals surface area contributed by atoms with Crippen molar-refractivity contribution in [2.75, 3.05) is 11.9 Å². The Morgan fingerprint density at radius 2 is 2.32 bits per heavy atom. The summed E-state index contributed by atoms with van der Waals surface area (Å²) in [7, 11) is 0. The number of hydrogen-bond donors (Lipinski definition) is 2. The van der Waals surface area contributed by atoms with E-state index in [4.69, 9.17) is 0 Å². The lowest BCUT2D eigenvalue weighted by molar-refractivity contribution is 0.689. The maximum atomic E-state index is 4.42. The highest BCUT2D eigenvalue weighted by Crippen LogP contribution is 2.23. The number of fused-ring (bicyclic) bond motifs is 1. The summed E-state index contributed by atoms with van der Waals surface area (Å²) in [6.07, 6.45) is 4.22. The maximum Gasteiger partial charge on any atom is 0.107 e. The maximum absolute atomic E-state index is 4.42. The molecular weight excluding hydrogens is 254 g/mol. The van der Waals surface area contributed by atoms with E-state index in [0.717, 1.165) is 32.5 Å². The van der Waals surface area contributed by atoms with Crippen LogP contribution in [-0.4, -0.2) is 11.5 Å². The van der Waals surface area contributed by atoms with Crippen LogP contribution < -0.4 is 10.6 Å². The van der Waals surface area contributed by atoms with Gasteiger partial charge in [0.2, 0.25) is 0 Å². The van der Waals surface area contributed by atoms with E-state index in [1.807, 2.05) is 6.20 Å². The van der Waals surface area contributed by atoms with E-state index in [9.17, 15) is 0 Å². The smallest absolute Gasteiger partial charge is 0.107 e. The molecule has 0 unspecified atom stereocenters. The zero-order valence-corrected chi connectivity index (χ0v) is 12.0. The third kappa shape index (κ3) is 2.96. The van der Waals surface area contributed by atoms with E-state index in [1.54, 1.807) is 11.3 Å². The van der Waals surface area contributed by atoms with E-state index in [-0.39, 0.29) is 0 Å². The van der Waals surface area contributed by atoms with Crippen LogP contribution in [0.5, 0.6) is 0 Å². The Bertz CT molecular complexity index is 562. The summed E-state index contributed by atoms with van der Waals surface area (Å²) < 4.78 is 0. The standard InChI is InChI=1S/C15H19N3S/c1-2-13-9-18-15(19-13)10-16-8-11-3-4-14-12(7-11)5-6-17-14/h3-4,7,9,16-17H,2,5-6,8,10H2,1H3. The van der Waals surface area contributed by atoms with Crippen LogP contribution in [0.15, 0.2) is 24.4 Å². The van der Waals surface area contributed by atoms with Gasteiger partial charge < -0.3 is 10.6 Å². The number of thiazole rings is 1. The minimum absolute atomic E-state index is 0.861. The first kappa shape index (κ1) is 12.6. The minimum atomic E-state index is 0.861. The number of benzene rings is 1. The molecule has 0 bridgehead atoms. The summed E-state index contributed by atoms with van der Waals surface area (Å²) in [5.41, 5.74) is 4.10. The molecule has 100 valence electrons. The fraction of sp³-hybridized carbons (Fsp3) is 0.400. The second-order valence-electron chi connectivity index (χ2n) is 4.85. The van der Waals surface area contributed by atoms with Crippen LogP contribution >= 0.6 is 11.3 Å². The van der Waals surface area contributed by atoms with Crippen LogP contribution in [0.25, 0.3) is 0 Å². The average molecular weight is 273 g/mol. The van der Waals surface area contributed by atoms with Gasteiger partial charge in [-0.15, -0.1) is 11.3 Å². The SMILES string of the molecule is CCc1cnc(CNCc2ccc3c(c2)CCN3)s1. The Morgan fingerprint density at radius 1 is 1.37 bits per heavy atom. The summed E-state index contributed by atoms with van der Waals surface area (Å²) in [5.74, 6) is 0. The molecule has 3 rings (SSSR count). The number of rotatable bonds is 5. The molecule has 2 aromatic rings. The lowest BCUT2D eigenvalue weighted by Gasteiger charge is -2.05. The molecule has 2 heterocycles. The molecule has 0 saturated heterocycles. The molecule has 19 heavy (non-hydrogen) atoms. The predicted octanol–water partition coefficient (Wildman–Crippen LogP) is 2.96. The molecule has 4 heteroatoms. The predicted molar refractivity (Wildman–Crippen MR) is 80.7 cm³/mol. The van der Waals surface area contributed by atoms with Gasteiger partial charge in [-0.2, -0.15) is 0 Å². The second kappa shape index (κ2) is 5.72. The highest BCUT2D eigenvalue weighted by atomic mass is 32.1. The third-order valence-corrected chi connectivity index (χ3v) is 4.58. The highest BCUT2D eigenvalue weighted by Gasteiger charge is 2.09. The topological polar surface area (TPSA) is 37.0 Å².